The van der Waals surface area contributed by atoms with Gasteiger partial charge in [0.15, 0.2) is 0 Å². The number of rotatable bonds is 3. The van der Waals surface area contributed by atoms with Crippen molar-refractivity contribution in [3.05, 3.63) is 28.3 Å². The molecule has 1 aromatic carbocycles. The first kappa shape index (κ1) is 12.3. The lowest BCUT2D eigenvalue weighted by molar-refractivity contribution is -0.142. The summed E-state index contributed by atoms with van der Waals surface area (Å²) in [6.07, 6.45) is -0.107. The SMILES string of the molecule is CCOC(=O)Cc1c(O)cc(C#N)cc1Cl. The summed E-state index contributed by atoms with van der Waals surface area (Å²) in [7, 11) is 0. The van der Waals surface area contributed by atoms with E-state index in [1.165, 1.54) is 12.1 Å². The van der Waals surface area contributed by atoms with E-state index in [0.717, 1.165) is 0 Å². The van der Waals surface area contributed by atoms with Gasteiger partial charge in [-0.25, -0.2) is 0 Å². The average Bonchev–Trinajstić information content (AvgIpc) is 2.23. The molecule has 0 saturated heterocycles. The van der Waals surface area contributed by atoms with Crippen LogP contribution in [-0.4, -0.2) is 17.7 Å². The monoisotopic (exact) mass is 239 g/mol. The van der Waals surface area contributed by atoms with Crippen LogP contribution in [-0.2, 0) is 16.0 Å². The number of carbonyl (C=O) groups is 1. The van der Waals surface area contributed by atoms with Crippen molar-refractivity contribution in [1.82, 2.24) is 0 Å². The zero-order valence-corrected chi connectivity index (χ0v) is 9.41. The molecular weight excluding hydrogens is 230 g/mol. The summed E-state index contributed by atoms with van der Waals surface area (Å²) < 4.78 is 4.74. The maximum atomic E-state index is 11.2. The Labute approximate surface area is 98.0 Å². The molecule has 0 radical (unpaired) electrons. The van der Waals surface area contributed by atoms with Crippen LogP contribution in [0.2, 0.25) is 5.02 Å². The van der Waals surface area contributed by atoms with E-state index < -0.39 is 5.97 Å². The molecule has 16 heavy (non-hydrogen) atoms. The summed E-state index contributed by atoms with van der Waals surface area (Å²) in [5.74, 6) is -0.637. The van der Waals surface area contributed by atoms with Gasteiger partial charge in [0.05, 0.1) is 24.7 Å². The van der Waals surface area contributed by atoms with Gasteiger partial charge in [-0.2, -0.15) is 5.26 Å². The Morgan fingerprint density at radius 3 is 2.81 bits per heavy atom. The fourth-order valence-corrected chi connectivity index (χ4v) is 1.50. The molecule has 0 spiro atoms. The van der Waals surface area contributed by atoms with E-state index in [9.17, 15) is 9.90 Å². The molecule has 0 saturated carbocycles. The Bertz CT molecular complexity index is 428. The van der Waals surface area contributed by atoms with Gasteiger partial charge in [-0.15, -0.1) is 0 Å². The third kappa shape index (κ3) is 2.88. The fourth-order valence-electron chi connectivity index (χ4n) is 1.22. The van der Waals surface area contributed by atoms with Crippen LogP contribution in [0, 0.1) is 11.3 Å². The molecular formula is C11H10ClNO3. The fraction of sp³-hybridized carbons (Fsp3) is 0.273. The highest BCUT2D eigenvalue weighted by Crippen LogP contribution is 2.28. The summed E-state index contributed by atoms with van der Waals surface area (Å²) in [5, 5.41) is 18.4. The van der Waals surface area contributed by atoms with Gasteiger partial charge in [0.1, 0.15) is 5.75 Å². The van der Waals surface area contributed by atoms with Gasteiger partial charge in [-0.1, -0.05) is 11.6 Å². The first-order valence-electron chi connectivity index (χ1n) is 4.65. The number of carbonyl (C=O) groups excluding carboxylic acids is 1. The number of aromatic hydroxyl groups is 1. The number of hydrogen-bond donors (Lipinski definition) is 1. The van der Waals surface area contributed by atoms with Crippen molar-refractivity contribution in [2.24, 2.45) is 0 Å². The molecule has 0 aliphatic heterocycles. The lowest BCUT2D eigenvalue weighted by Crippen LogP contribution is -2.08. The van der Waals surface area contributed by atoms with Gasteiger partial charge in [-0.3, -0.25) is 4.79 Å². The quantitative estimate of drug-likeness (QED) is 0.820. The minimum Gasteiger partial charge on any atom is -0.508 e. The van der Waals surface area contributed by atoms with Crippen molar-refractivity contribution < 1.29 is 14.6 Å². The van der Waals surface area contributed by atoms with Crippen molar-refractivity contribution in [1.29, 1.82) is 5.26 Å². The smallest absolute Gasteiger partial charge is 0.310 e. The molecule has 0 heterocycles. The molecule has 84 valence electrons. The molecule has 1 aromatic rings. The third-order valence-electron chi connectivity index (χ3n) is 1.93. The Morgan fingerprint density at radius 2 is 2.31 bits per heavy atom. The molecule has 0 aliphatic carbocycles. The zero-order valence-electron chi connectivity index (χ0n) is 8.66. The Morgan fingerprint density at radius 1 is 1.62 bits per heavy atom. The van der Waals surface area contributed by atoms with Crippen molar-refractivity contribution in [2.45, 2.75) is 13.3 Å². The van der Waals surface area contributed by atoms with Gasteiger partial charge < -0.3 is 9.84 Å². The van der Waals surface area contributed by atoms with E-state index in [1.54, 1.807) is 6.92 Å². The maximum absolute atomic E-state index is 11.2. The van der Waals surface area contributed by atoms with Crippen LogP contribution in [0.1, 0.15) is 18.1 Å². The molecule has 0 unspecified atom stereocenters. The van der Waals surface area contributed by atoms with E-state index >= 15 is 0 Å². The van der Waals surface area contributed by atoms with Crippen molar-refractivity contribution >= 4 is 17.6 Å². The molecule has 0 fully saturated rings. The number of esters is 1. The number of nitriles is 1. The van der Waals surface area contributed by atoms with Crippen LogP contribution >= 0.6 is 11.6 Å². The van der Waals surface area contributed by atoms with Crippen molar-refractivity contribution in [3.8, 4) is 11.8 Å². The molecule has 0 aliphatic rings. The van der Waals surface area contributed by atoms with Crippen LogP contribution < -0.4 is 0 Å². The highest BCUT2D eigenvalue weighted by molar-refractivity contribution is 6.31. The zero-order chi connectivity index (χ0) is 12.1. The molecule has 0 aromatic heterocycles. The van der Waals surface area contributed by atoms with Crippen molar-refractivity contribution in [2.75, 3.05) is 6.61 Å². The minimum absolute atomic E-state index is 0.107. The molecule has 1 rings (SSSR count). The Balaban J connectivity index is 2.98. The summed E-state index contributed by atoms with van der Waals surface area (Å²) in [6, 6.07) is 4.52. The van der Waals surface area contributed by atoms with Gasteiger partial charge in [0.2, 0.25) is 0 Å². The van der Waals surface area contributed by atoms with Gasteiger partial charge in [-0.05, 0) is 19.1 Å². The van der Waals surface area contributed by atoms with E-state index in [0.29, 0.717) is 0 Å². The molecule has 1 N–H and O–H groups in total. The average molecular weight is 240 g/mol. The van der Waals surface area contributed by atoms with Crippen LogP contribution in [0.5, 0.6) is 5.75 Å². The molecule has 0 bridgehead atoms. The Kier molecular flexibility index (Phi) is 4.15. The summed E-state index contributed by atoms with van der Waals surface area (Å²) >= 11 is 5.84. The van der Waals surface area contributed by atoms with Gasteiger partial charge in [0, 0.05) is 10.6 Å². The van der Waals surface area contributed by atoms with Gasteiger partial charge in [0.25, 0.3) is 0 Å². The second-order valence-electron chi connectivity index (χ2n) is 3.05. The predicted molar refractivity (Wildman–Crippen MR) is 58.2 cm³/mol. The number of phenolic OH excluding ortho intramolecular Hbond substituents is 1. The Hall–Kier alpha value is -1.73. The molecule has 0 amide bonds. The number of ether oxygens (including phenoxy) is 1. The maximum Gasteiger partial charge on any atom is 0.310 e. The van der Waals surface area contributed by atoms with Crippen LogP contribution in [0.4, 0.5) is 0 Å². The summed E-state index contributed by atoms with van der Waals surface area (Å²) in [4.78, 5) is 11.2. The first-order chi connectivity index (χ1) is 7.58. The predicted octanol–water partition coefficient (Wildman–Crippen LogP) is 2.02. The van der Waals surface area contributed by atoms with Crippen LogP contribution in [0.25, 0.3) is 0 Å². The van der Waals surface area contributed by atoms with Crippen molar-refractivity contribution in [3.63, 3.8) is 0 Å². The second kappa shape index (κ2) is 5.38. The number of benzene rings is 1. The largest absolute Gasteiger partial charge is 0.508 e. The normalized spacial score (nSPS) is 9.56. The molecule has 0 atom stereocenters. The van der Waals surface area contributed by atoms with Crippen LogP contribution in [0.15, 0.2) is 12.1 Å². The minimum atomic E-state index is -0.468. The van der Waals surface area contributed by atoms with E-state index in [1.807, 2.05) is 6.07 Å². The van der Waals surface area contributed by atoms with Crippen LogP contribution in [0.3, 0.4) is 0 Å². The second-order valence-corrected chi connectivity index (χ2v) is 3.46. The van der Waals surface area contributed by atoms with E-state index in [4.69, 9.17) is 21.6 Å². The summed E-state index contributed by atoms with van der Waals surface area (Å²) in [5.41, 5.74) is 0.522. The number of nitrogens with zero attached hydrogens (tertiary/aromatic N) is 1. The standard InChI is InChI=1S/C11H10ClNO3/c1-2-16-11(15)5-8-9(12)3-7(6-13)4-10(8)14/h3-4,14H,2,5H2,1H3. The number of hydrogen-bond acceptors (Lipinski definition) is 4. The van der Waals surface area contributed by atoms with E-state index in [-0.39, 0.29) is 34.9 Å². The highest BCUT2D eigenvalue weighted by atomic mass is 35.5. The highest BCUT2D eigenvalue weighted by Gasteiger charge is 2.13. The third-order valence-corrected chi connectivity index (χ3v) is 2.26. The lowest BCUT2D eigenvalue weighted by atomic mass is 10.1. The molecule has 5 heteroatoms. The lowest BCUT2D eigenvalue weighted by Gasteiger charge is -2.07. The summed E-state index contributed by atoms with van der Waals surface area (Å²) in [6.45, 7) is 1.96. The topological polar surface area (TPSA) is 70.3 Å². The van der Waals surface area contributed by atoms with Gasteiger partial charge >= 0.3 is 5.97 Å². The number of phenols is 1. The number of halogens is 1. The molecule has 4 nitrogen and oxygen atoms in total. The van der Waals surface area contributed by atoms with E-state index in [2.05, 4.69) is 0 Å². The first-order valence-corrected chi connectivity index (χ1v) is 5.03.